The smallest absolute Gasteiger partial charge is 0.0649 e. The van der Waals surface area contributed by atoms with E-state index in [9.17, 15) is 0 Å². The van der Waals surface area contributed by atoms with Gasteiger partial charge >= 0.3 is 0 Å². The normalized spacial score (nSPS) is 15.0. The van der Waals surface area contributed by atoms with Crippen LogP contribution in [0, 0.1) is 0 Å². The van der Waals surface area contributed by atoms with Gasteiger partial charge in [-0.25, -0.2) is 4.68 Å². The quantitative estimate of drug-likeness (QED) is 0.943. The van der Waals surface area contributed by atoms with Crippen LogP contribution in [0.1, 0.15) is 30.0 Å². The minimum absolute atomic E-state index is 0.194. The first-order valence-electron chi connectivity index (χ1n) is 6.23. The third-order valence-electron chi connectivity index (χ3n) is 3.30. The summed E-state index contributed by atoms with van der Waals surface area (Å²) in [7, 11) is 0. The second-order valence-corrected chi connectivity index (χ2v) is 5.56. The maximum atomic E-state index is 8.91. The fraction of sp³-hybridized carbons (Fsp3) is 0.357. The Bertz CT molecular complexity index is 543. The molecule has 4 heteroatoms. The van der Waals surface area contributed by atoms with E-state index < -0.39 is 0 Å². The van der Waals surface area contributed by atoms with Crippen molar-refractivity contribution in [1.82, 2.24) is 9.78 Å². The zero-order chi connectivity index (χ0) is 12.5. The third kappa shape index (κ3) is 2.22. The molecule has 0 unspecified atom stereocenters. The van der Waals surface area contributed by atoms with Gasteiger partial charge in [-0.15, -0.1) is 0 Å². The highest BCUT2D eigenvalue weighted by Gasteiger charge is 2.29. The molecule has 18 heavy (non-hydrogen) atoms. The molecule has 1 heterocycles. The summed E-state index contributed by atoms with van der Waals surface area (Å²) in [5, 5.41) is 13.4. The molecule has 0 spiro atoms. The maximum Gasteiger partial charge on any atom is 0.0649 e. The van der Waals surface area contributed by atoms with Crippen molar-refractivity contribution in [2.75, 3.05) is 6.61 Å². The van der Waals surface area contributed by atoms with Crippen LogP contribution in [0.4, 0.5) is 0 Å². The number of hydrogen-bond donors (Lipinski definition) is 1. The molecule has 1 aromatic heterocycles. The SMILES string of the molecule is OCCc1ccc(-n2ncc(Br)c2C2CC2)cc1. The number of hydrogen-bond acceptors (Lipinski definition) is 2. The van der Waals surface area contributed by atoms with Crippen molar-refractivity contribution >= 4 is 15.9 Å². The van der Waals surface area contributed by atoms with Gasteiger partial charge in [-0.1, -0.05) is 12.1 Å². The van der Waals surface area contributed by atoms with E-state index in [1.807, 2.05) is 10.9 Å². The molecule has 1 saturated carbocycles. The molecule has 1 N–H and O–H groups in total. The number of halogens is 1. The zero-order valence-electron chi connectivity index (χ0n) is 10.0. The molecular weight excluding hydrogens is 292 g/mol. The van der Waals surface area contributed by atoms with Gasteiger partial charge in [0.05, 0.1) is 22.1 Å². The highest BCUT2D eigenvalue weighted by atomic mass is 79.9. The van der Waals surface area contributed by atoms with E-state index in [2.05, 4.69) is 45.3 Å². The fourth-order valence-electron chi connectivity index (χ4n) is 2.20. The van der Waals surface area contributed by atoms with Crippen LogP contribution in [0.2, 0.25) is 0 Å². The summed E-state index contributed by atoms with van der Waals surface area (Å²) >= 11 is 3.58. The molecule has 0 atom stereocenters. The molecule has 0 amide bonds. The number of aliphatic hydroxyl groups is 1. The molecule has 0 aliphatic heterocycles. The van der Waals surface area contributed by atoms with E-state index in [1.165, 1.54) is 18.5 Å². The zero-order valence-corrected chi connectivity index (χ0v) is 11.6. The topological polar surface area (TPSA) is 38.0 Å². The molecule has 0 radical (unpaired) electrons. The van der Waals surface area contributed by atoms with Crippen molar-refractivity contribution < 1.29 is 5.11 Å². The standard InChI is InChI=1S/C14H15BrN2O/c15-13-9-16-17(14(13)11-3-4-11)12-5-1-10(2-6-12)7-8-18/h1-2,5-6,9,11,18H,3-4,7-8H2. The Morgan fingerprint density at radius 2 is 2.00 bits per heavy atom. The maximum absolute atomic E-state index is 8.91. The lowest BCUT2D eigenvalue weighted by Gasteiger charge is -2.08. The van der Waals surface area contributed by atoms with Crippen molar-refractivity contribution in [3.05, 3.63) is 46.2 Å². The molecule has 1 fully saturated rings. The van der Waals surface area contributed by atoms with Crippen molar-refractivity contribution in [3.8, 4) is 5.69 Å². The lowest BCUT2D eigenvalue weighted by molar-refractivity contribution is 0.299. The summed E-state index contributed by atoms with van der Waals surface area (Å²) in [5.41, 5.74) is 3.52. The van der Waals surface area contributed by atoms with Gasteiger partial charge in [-0.3, -0.25) is 0 Å². The van der Waals surface area contributed by atoms with E-state index in [1.54, 1.807) is 0 Å². The first-order valence-corrected chi connectivity index (χ1v) is 7.02. The minimum atomic E-state index is 0.194. The van der Waals surface area contributed by atoms with Crippen molar-refractivity contribution in [3.63, 3.8) is 0 Å². The van der Waals surface area contributed by atoms with Crippen molar-refractivity contribution in [2.45, 2.75) is 25.2 Å². The lowest BCUT2D eigenvalue weighted by Crippen LogP contribution is -2.01. The van der Waals surface area contributed by atoms with Gasteiger partial charge in [0.1, 0.15) is 0 Å². The van der Waals surface area contributed by atoms with Gasteiger partial charge in [0, 0.05) is 12.5 Å². The van der Waals surface area contributed by atoms with E-state index in [4.69, 9.17) is 5.11 Å². The monoisotopic (exact) mass is 306 g/mol. The van der Waals surface area contributed by atoms with E-state index in [0.29, 0.717) is 12.3 Å². The van der Waals surface area contributed by atoms with E-state index in [0.717, 1.165) is 15.7 Å². The third-order valence-corrected chi connectivity index (χ3v) is 3.92. The van der Waals surface area contributed by atoms with Crippen LogP contribution < -0.4 is 0 Å². The Labute approximate surface area is 115 Å². The van der Waals surface area contributed by atoms with Crippen LogP contribution in [0.15, 0.2) is 34.9 Å². The molecule has 3 rings (SSSR count). The summed E-state index contributed by atoms with van der Waals surface area (Å²) in [4.78, 5) is 0. The molecular formula is C14H15BrN2O. The fourth-order valence-corrected chi connectivity index (χ4v) is 2.78. The van der Waals surface area contributed by atoms with Crippen LogP contribution in [0.5, 0.6) is 0 Å². The molecule has 1 aliphatic carbocycles. The summed E-state index contributed by atoms with van der Waals surface area (Å²) in [6.45, 7) is 0.194. The second kappa shape index (κ2) is 4.86. The highest BCUT2D eigenvalue weighted by molar-refractivity contribution is 9.10. The Kier molecular flexibility index (Phi) is 3.22. The molecule has 0 bridgehead atoms. The van der Waals surface area contributed by atoms with Gasteiger partial charge < -0.3 is 5.11 Å². The van der Waals surface area contributed by atoms with E-state index in [-0.39, 0.29) is 6.61 Å². The number of aliphatic hydroxyl groups excluding tert-OH is 1. The molecule has 3 nitrogen and oxygen atoms in total. The highest BCUT2D eigenvalue weighted by Crippen LogP contribution is 2.43. The van der Waals surface area contributed by atoms with Crippen LogP contribution in [-0.2, 0) is 6.42 Å². The Morgan fingerprint density at radius 1 is 1.28 bits per heavy atom. The minimum Gasteiger partial charge on any atom is -0.396 e. The van der Waals surface area contributed by atoms with Crippen LogP contribution in [-0.4, -0.2) is 21.5 Å². The number of aromatic nitrogens is 2. The second-order valence-electron chi connectivity index (χ2n) is 4.70. The predicted octanol–water partition coefficient (Wildman–Crippen LogP) is 3.05. The van der Waals surface area contributed by atoms with Crippen LogP contribution in [0.3, 0.4) is 0 Å². The number of rotatable bonds is 4. The average molecular weight is 307 g/mol. The molecule has 2 aromatic rings. The largest absolute Gasteiger partial charge is 0.396 e. The molecule has 94 valence electrons. The van der Waals surface area contributed by atoms with Crippen molar-refractivity contribution in [2.24, 2.45) is 0 Å². The summed E-state index contributed by atoms with van der Waals surface area (Å²) < 4.78 is 3.12. The molecule has 1 aromatic carbocycles. The Balaban J connectivity index is 1.94. The Morgan fingerprint density at radius 3 is 2.61 bits per heavy atom. The van der Waals surface area contributed by atoms with Gasteiger partial charge in [0.15, 0.2) is 0 Å². The first-order chi connectivity index (χ1) is 8.79. The number of benzene rings is 1. The van der Waals surface area contributed by atoms with Crippen LogP contribution >= 0.6 is 15.9 Å². The Hall–Kier alpha value is -1.13. The van der Waals surface area contributed by atoms with Gasteiger partial charge in [-0.2, -0.15) is 5.10 Å². The number of nitrogens with zero attached hydrogens (tertiary/aromatic N) is 2. The van der Waals surface area contributed by atoms with Crippen molar-refractivity contribution in [1.29, 1.82) is 0 Å². The van der Waals surface area contributed by atoms with Gasteiger partial charge in [-0.05, 0) is 52.9 Å². The van der Waals surface area contributed by atoms with E-state index >= 15 is 0 Å². The average Bonchev–Trinajstić information content (AvgIpc) is 3.14. The predicted molar refractivity (Wildman–Crippen MR) is 74.0 cm³/mol. The van der Waals surface area contributed by atoms with Gasteiger partial charge in [0.25, 0.3) is 0 Å². The molecule has 0 saturated heterocycles. The lowest BCUT2D eigenvalue weighted by atomic mass is 10.1. The molecule has 1 aliphatic rings. The van der Waals surface area contributed by atoms with Crippen LogP contribution in [0.25, 0.3) is 5.69 Å². The summed E-state index contributed by atoms with van der Waals surface area (Å²) in [6.07, 6.45) is 5.09. The summed E-state index contributed by atoms with van der Waals surface area (Å²) in [5.74, 6) is 0.652. The first kappa shape index (κ1) is 11.9. The van der Waals surface area contributed by atoms with Gasteiger partial charge in [0.2, 0.25) is 0 Å². The summed E-state index contributed by atoms with van der Waals surface area (Å²) in [6, 6.07) is 8.24.